The number of amides is 1. The lowest BCUT2D eigenvalue weighted by Gasteiger charge is -2.04. The second-order valence-electron chi connectivity index (χ2n) is 3.53. The lowest BCUT2D eigenvalue weighted by Crippen LogP contribution is -2.16. The van der Waals surface area contributed by atoms with Gasteiger partial charge in [0.1, 0.15) is 0 Å². The molecule has 0 radical (unpaired) electrons. The van der Waals surface area contributed by atoms with E-state index in [1.807, 2.05) is 6.92 Å². The molecule has 0 saturated heterocycles. The summed E-state index contributed by atoms with van der Waals surface area (Å²) in [7, 11) is 0. The minimum atomic E-state index is -0.596. The van der Waals surface area contributed by atoms with Gasteiger partial charge in [-0.25, -0.2) is 4.79 Å². The first kappa shape index (κ1) is 11.0. The second-order valence-corrected chi connectivity index (χ2v) is 3.53. The van der Waals surface area contributed by atoms with Crippen molar-refractivity contribution in [2.24, 2.45) is 0 Å². The number of anilines is 2. The Morgan fingerprint density at radius 2 is 2.12 bits per heavy atom. The Morgan fingerprint density at radius 3 is 2.71 bits per heavy atom. The van der Waals surface area contributed by atoms with E-state index in [1.54, 1.807) is 30.3 Å². The largest absolute Gasteiger partial charge is 0.418 e. The number of rotatable bonds is 2. The van der Waals surface area contributed by atoms with Gasteiger partial charge in [0.05, 0.1) is 0 Å². The van der Waals surface area contributed by atoms with Crippen LogP contribution >= 0.6 is 0 Å². The fraction of sp³-hybridized carbons (Fsp3) is 0.0909. The van der Waals surface area contributed by atoms with Crippen molar-refractivity contribution < 1.29 is 9.53 Å². The monoisotopic (exact) mass is 232 g/mol. The summed E-state index contributed by atoms with van der Waals surface area (Å²) in [5.41, 5.74) is 7.58. The third-order valence-corrected chi connectivity index (χ3v) is 2.04. The van der Waals surface area contributed by atoms with Gasteiger partial charge in [-0.05, 0) is 31.2 Å². The van der Waals surface area contributed by atoms with Crippen molar-refractivity contribution in [2.45, 2.75) is 6.92 Å². The number of ether oxygens (including phenoxy) is 1. The maximum absolute atomic E-state index is 11.5. The maximum atomic E-state index is 11.5. The summed E-state index contributed by atoms with van der Waals surface area (Å²) in [5.74, 6) is 0.232. The maximum Gasteiger partial charge on any atom is 0.418 e. The molecule has 2 rings (SSSR count). The highest BCUT2D eigenvalue weighted by Gasteiger charge is 2.07. The predicted octanol–water partition coefficient (Wildman–Crippen LogP) is 1.91. The van der Waals surface area contributed by atoms with Crippen LogP contribution < -0.4 is 15.8 Å². The SMILES string of the molecule is Cc1cc(OC(=O)Nc2ccc(N)cc2)n[nH]1. The molecule has 0 unspecified atom stereocenters. The van der Waals surface area contributed by atoms with Gasteiger partial charge in [-0.2, -0.15) is 0 Å². The van der Waals surface area contributed by atoms with Crippen molar-refractivity contribution in [2.75, 3.05) is 11.1 Å². The number of aryl methyl sites for hydroxylation is 1. The van der Waals surface area contributed by atoms with E-state index in [1.165, 1.54) is 0 Å². The molecule has 1 amide bonds. The van der Waals surface area contributed by atoms with E-state index in [2.05, 4.69) is 15.5 Å². The molecule has 88 valence electrons. The predicted molar refractivity (Wildman–Crippen MR) is 63.8 cm³/mol. The van der Waals surface area contributed by atoms with E-state index in [4.69, 9.17) is 10.5 Å². The average molecular weight is 232 g/mol. The molecule has 4 N–H and O–H groups in total. The number of nitrogen functional groups attached to an aromatic ring is 1. The number of nitrogens with one attached hydrogen (secondary N) is 2. The lowest BCUT2D eigenvalue weighted by molar-refractivity contribution is 0.213. The van der Waals surface area contributed by atoms with Crippen molar-refractivity contribution in [3.05, 3.63) is 36.0 Å². The summed E-state index contributed by atoms with van der Waals surface area (Å²) in [6, 6.07) is 8.38. The fourth-order valence-electron chi connectivity index (χ4n) is 1.25. The molecular weight excluding hydrogens is 220 g/mol. The summed E-state index contributed by atoms with van der Waals surface area (Å²) in [5, 5.41) is 9.01. The first-order valence-corrected chi connectivity index (χ1v) is 5.00. The van der Waals surface area contributed by atoms with Crippen LogP contribution in [0.25, 0.3) is 0 Å². The molecule has 2 aromatic rings. The molecule has 0 atom stereocenters. The number of nitrogens with zero attached hydrogens (tertiary/aromatic N) is 1. The third kappa shape index (κ3) is 2.97. The Hall–Kier alpha value is -2.50. The highest BCUT2D eigenvalue weighted by atomic mass is 16.6. The van der Waals surface area contributed by atoms with Crippen molar-refractivity contribution in [3.8, 4) is 5.88 Å². The highest BCUT2D eigenvalue weighted by molar-refractivity contribution is 5.86. The van der Waals surface area contributed by atoms with Crippen molar-refractivity contribution in [1.29, 1.82) is 0 Å². The van der Waals surface area contributed by atoms with Gasteiger partial charge in [0.2, 0.25) is 5.88 Å². The van der Waals surface area contributed by atoms with Gasteiger partial charge in [0.15, 0.2) is 0 Å². The standard InChI is InChI=1S/C11H12N4O2/c1-7-6-10(15-14-7)17-11(16)13-9-4-2-8(12)3-5-9/h2-6H,12H2,1H3,(H,13,16)(H,14,15). The zero-order valence-electron chi connectivity index (χ0n) is 9.23. The summed E-state index contributed by atoms with van der Waals surface area (Å²) >= 11 is 0. The number of nitrogens with two attached hydrogens (primary N) is 1. The molecule has 1 aromatic carbocycles. The Bertz CT molecular complexity index is 519. The first-order valence-electron chi connectivity index (χ1n) is 5.00. The molecule has 6 heteroatoms. The van der Waals surface area contributed by atoms with Gasteiger partial charge < -0.3 is 10.5 Å². The zero-order chi connectivity index (χ0) is 12.3. The quantitative estimate of drug-likeness (QED) is 0.689. The van der Waals surface area contributed by atoms with Crippen molar-refractivity contribution in [3.63, 3.8) is 0 Å². The molecule has 0 saturated carbocycles. The minimum absolute atomic E-state index is 0.232. The molecule has 6 nitrogen and oxygen atoms in total. The van der Waals surface area contributed by atoms with Crippen molar-refractivity contribution in [1.82, 2.24) is 10.2 Å². The van der Waals surface area contributed by atoms with Crippen LogP contribution in [-0.4, -0.2) is 16.3 Å². The van der Waals surface area contributed by atoms with E-state index in [-0.39, 0.29) is 5.88 Å². The summed E-state index contributed by atoms with van der Waals surface area (Å²) in [6.07, 6.45) is -0.596. The Labute approximate surface area is 97.8 Å². The second kappa shape index (κ2) is 4.56. The molecule has 0 bridgehead atoms. The van der Waals surface area contributed by atoms with E-state index in [0.29, 0.717) is 11.4 Å². The third-order valence-electron chi connectivity index (χ3n) is 2.04. The number of hydrogen-bond donors (Lipinski definition) is 3. The van der Waals surface area contributed by atoms with Crippen LogP contribution in [0.15, 0.2) is 30.3 Å². The molecular formula is C11H12N4O2. The van der Waals surface area contributed by atoms with Crippen LogP contribution in [0.4, 0.5) is 16.2 Å². The van der Waals surface area contributed by atoms with Gasteiger partial charge >= 0.3 is 6.09 Å². The summed E-state index contributed by atoms with van der Waals surface area (Å²) in [6.45, 7) is 1.82. The Morgan fingerprint density at radius 1 is 1.41 bits per heavy atom. The van der Waals surface area contributed by atoms with Crippen LogP contribution in [-0.2, 0) is 0 Å². The minimum Gasteiger partial charge on any atom is -0.399 e. The van der Waals surface area contributed by atoms with E-state index in [0.717, 1.165) is 5.69 Å². The smallest absolute Gasteiger partial charge is 0.399 e. The normalized spacial score (nSPS) is 9.94. The van der Waals surface area contributed by atoms with Gasteiger partial charge in [-0.15, -0.1) is 5.10 Å². The number of hydrogen-bond acceptors (Lipinski definition) is 4. The molecule has 0 spiro atoms. The van der Waals surface area contributed by atoms with Crippen LogP contribution in [0.3, 0.4) is 0 Å². The molecule has 0 aliphatic rings. The topological polar surface area (TPSA) is 93.0 Å². The summed E-state index contributed by atoms with van der Waals surface area (Å²) < 4.78 is 4.95. The first-order chi connectivity index (χ1) is 8.13. The van der Waals surface area contributed by atoms with E-state index < -0.39 is 6.09 Å². The number of aromatic nitrogens is 2. The molecule has 1 aromatic heterocycles. The van der Waals surface area contributed by atoms with Gasteiger partial charge in [0, 0.05) is 23.1 Å². The molecule has 0 aliphatic heterocycles. The van der Waals surface area contributed by atoms with E-state index in [9.17, 15) is 4.79 Å². The summed E-state index contributed by atoms with van der Waals surface area (Å²) in [4.78, 5) is 11.5. The number of carbonyl (C=O) groups excluding carboxylic acids is 1. The van der Waals surface area contributed by atoms with Crippen LogP contribution in [0.5, 0.6) is 5.88 Å². The highest BCUT2D eigenvalue weighted by Crippen LogP contribution is 2.12. The lowest BCUT2D eigenvalue weighted by atomic mass is 10.3. The van der Waals surface area contributed by atoms with Gasteiger partial charge in [-0.1, -0.05) is 0 Å². The van der Waals surface area contributed by atoms with Gasteiger partial charge in [-0.3, -0.25) is 10.4 Å². The van der Waals surface area contributed by atoms with Gasteiger partial charge in [0.25, 0.3) is 0 Å². The Balaban J connectivity index is 1.95. The average Bonchev–Trinajstić information content (AvgIpc) is 2.67. The Kier molecular flexibility index (Phi) is 2.95. The van der Waals surface area contributed by atoms with Crippen LogP contribution in [0.1, 0.15) is 5.69 Å². The van der Waals surface area contributed by atoms with Crippen LogP contribution in [0, 0.1) is 6.92 Å². The molecule has 0 fully saturated rings. The van der Waals surface area contributed by atoms with Crippen LogP contribution in [0.2, 0.25) is 0 Å². The molecule has 0 aliphatic carbocycles. The number of benzene rings is 1. The number of H-pyrrole nitrogens is 1. The zero-order valence-corrected chi connectivity index (χ0v) is 9.23. The number of carbonyl (C=O) groups is 1. The fourth-order valence-corrected chi connectivity index (χ4v) is 1.25. The van der Waals surface area contributed by atoms with E-state index >= 15 is 0 Å². The number of aromatic amines is 1. The van der Waals surface area contributed by atoms with Crippen molar-refractivity contribution >= 4 is 17.5 Å². The molecule has 17 heavy (non-hydrogen) atoms. The molecule has 1 heterocycles.